The lowest BCUT2D eigenvalue weighted by molar-refractivity contribution is 0.168. The zero-order chi connectivity index (χ0) is 7.94. The summed E-state index contributed by atoms with van der Waals surface area (Å²) in [6.07, 6.45) is 6.10. The molecule has 0 aromatic heterocycles. The third-order valence-electron chi connectivity index (χ3n) is 2.12. The van der Waals surface area contributed by atoms with Gasteiger partial charge in [-0.25, -0.2) is 0 Å². The third kappa shape index (κ3) is 3.73. The van der Waals surface area contributed by atoms with Gasteiger partial charge in [0.15, 0.2) is 0 Å². The van der Waals surface area contributed by atoms with Crippen LogP contribution in [0.2, 0.25) is 0 Å². The summed E-state index contributed by atoms with van der Waals surface area (Å²) in [5.41, 5.74) is 0. The molecule has 0 unspecified atom stereocenters. The summed E-state index contributed by atoms with van der Waals surface area (Å²) in [5.74, 6) is 0. The molecule has 0 bridgehead atoms. The van der Waals surface area contributed by atoms with Crippen LogP contribution in [0.3, 0.4) is 0 Å². The highest BCUT2D eigenvalue weighted by molar-refractivity contribution is 4.76. The second-order valence-corrected chi connectivity index (χ2v) is 3.05. The molecule has 0 saturated carbocycles. The van der Waals surface area contributed by atoms with E-state index in [9.17, 15) is 0 Å². The monoisotopic (exact) mass is 156 g/mol. The van der Waals surface area contributed by atoms with E-state index in [1.165, 1.54) is 38.9 Å². The Bertz CT molecular complexity index is 89.6. The topological polar surface area (TPSA) is 12.5 Å². The van der Waals surface area contributed by atoms with E-state index < -0.39 is 0 Å². The van der Waals surface area contributed by atoms with E-state index in [1.54, 1.807) is 7.11 Å². The van der Waals surface area contributed by atoms with E-state index in [2.05, 4.69) is 11.3 Å². The summed E-state index contributed by atoms with van der Waals surface area (Å²) < 4.78 is 5.00. The van der Waals surface area contributed by atoms with Gasteiger partial charge in [-0.15, -0.1) is 0 Å². The summed E-state index contributed by atoms with van der Waals surface area (Å²) in [6, 6.07) is 0. The van der Waals surface area contributed by atoms with Crippen LogP contribution in [0, 0.1) is 6.42 Å². The summed E-state index contributed by atoms with van der Waals surface area (Å²) >= 11 is 0. The maximum atomic E-state index is 5.00. The first-order valence-electron chi connectivity index (χ1n) is 4.46. The minimum atomic E-state index is 0.903. The average molecular weight is 156 g/mol. The first-order chi connectivity index (χ1) is 5.43. The van der Waals surface area contributed by atoms with Crippen molar-refractivity contribution in [2.45, 2.75) is 19.3 Å². The summed E-state index contributed by atoms with van der Waals surface area (Å²) in [5, 5.41) is 0. The predicted molar refractivity (Wildman–Crippen MR) is 46.5 cm³/mol. The molecule has 0 aromatic rings. The zero-order valence-corrected chi connectivity index (χ0v) is 7.38. The zero-order valence-electron chi connectivity index (χ0n) is 7.38. The molecule has 0 amide bonds. The van der Waals surface area contributed by atoms with Gasteiger partial charge in [-0.3, -0.25) is 0 Å². The molecule has 1 fully saturated rings. The van der Waals surface area contributed by atoms with E-state index in [4.69, 9.17) is 4.74 Å². The molecule has 1 saturated heterocycles. The Hall–Kier alpha value is -0.0800. The van der Waals surface area contributed by atoms with Crippen molar-refractivity contribution < 1.29 is 4.74 Å². The molecule has 1 rings (SSSR count). The van der Waals surface area contributed by atoms with E-state index in [-0.39, 0.29) is 0 Å². The molecule has 0 aliphatic carbocycles. The summed E-state index contributed by atoms with van der Waals surface area (Å²) in [4.78, 5) is 2.51. The average Bonchev–Trinajstić information content (AvgIpc) is 2.07. The van der Waals surface area contributed by atoms with Crippen molar-refractivity contribution in [2.24, 2.45) is 0 Å². The molecule has 1 radical (unpaired) electrons. The van der Waals surface area contributed by atoms with Crippen LogP contribution in [0.25, 0.3) is 0 Å². The number of piperidine rings is 1. The van der Waals surface area contributed by atoms with E-state index in [0.717, 1.165) is 6.61 Å². The van der Waals surface area contributed by atoms with Crippen molar-refractivity contribution in [3.63, 3.8) is 0 Å². The van der Waals surface area contributed by atoms with Gasteiger partial charge in [-0.2, -0.15) is 0 Å². The maximum Gasteiger partial charge on any atom is 0.0474 e. The summed E-state index contributed by atoms with van der Waals surface area (Å²) in [7, 11) is 1.77. The Morgan fingerprint density at radius 3 is 2.73 bits per heavy atom. The van der Waals surface area contributed by atoms with Crippen molar-refractivity contribution >= 4 is 0 Å². The number of methoxy groups -OCH3 is 1. The lowest BCUT2D eigenvalue weighted by atomic mass is 10.1. The minimum absolute atomic E-state index is 0.903. The van der Waals surface area contributed by atoms with Gasteiger partial charge >= 0.3 is 0 Å². The van der Waals surface area contributed by atoms with Gasteiger partial charge < -0.3 is 9.64 Å². The third-order valence-corrected chi connectivity index (χ3v) is 2.12. The largest absolute Gasteiger partial charge is 0.385 e. The maximum absolute atomic E-state index is 5.00. The minimum Gasteiger partial charge on any atom is -0.385 e. The summed E-state index contributed by atoms with van der Waals surface area (Å²) in [6.45, 7) is 4.62. The second-order valence-electron chi connectivity index (χ2n) is 3.05. The van der Waals surface area contributed by atoms with E-state index in [1.807, 2.05) is 0 Å². The first kappa shape index (κ1) is 9.01. The standard InChI is InChI=1S/C9H18NO/c1-11-9-5-8-10-6-3-2-4-7-10/h2H,3-9H2,1H3. The highest BCUT2D eigenvalue weighted by Crippen LogP contribution is 2.07. The molecular formula is C9H18NO. The van der Waals surface area contributed by atoms with E-state index >= 15 is 0 Å². The lowest BCUT2D eigenvalue weighted by Crippen LogP contribution is -2.31. The number of rotatable bonds is 4. The van der Waals surface area contributed by atoms with Crippen LogP contribution in [0.5, 0.6) is 0 Å². The van der Waals surface area contributed by atoms with Gasteiger partial charge in [0.2, 0.25) is 0 Å². The van der Waals surface area contributed by atoms with Gasteiger partial charge in [-0.05, 0) is 38.8 Å². The van der Waals surface area contributed by atoms with Gasteiger partial charge in [0.25, 0.3) is 0 Å². The van der Waals surface area contributed by atoms with Crippen LogP contribution >= 0.6 is 0 Å². The molecular weight excluding hydrogens is 138 g/mol. The molecule has 0 aromatic carbocycles. The Balaban J connectivity index is 1.96. The molecule has 2 nitrogen and oxygen atoms in total. The first-order valence-corrected chi connectivity index (χ1v) is 4.46. The van der Waals surface area contributed by atoms with Crippen molar-refractivity contribution in [2.75, 3.05) is 33.4 Å². The number of hydrogen-bond donors (Lipinski definition) is 0. The smallest absolute Gasteiger partial charge is 0.0474 e. The van der Waals surface area contributed by atoms with Crippen LogP contribution in [0.1, 0.15) is 19.3 Å². The number of likely N-dealkylation sites (tertiary alicyclic amines) is 1. The molecule has 0 spiro atoms. The molecule has 65 valence electrons. The predicted octanol–water partition coefficient (Wildman–Crippen LogP) is 1.32. The molecule has 1 heterocycles. The fourth-order valence-corrected chi connectivity index (χ4v) is 1.46. The van der Waals surface area contributed by atoms with Crippen LogP contribution in [-0.2, 0) is 4.74 Å². The molecule has 1 aliphatic heterocycles. The SMILES string of the molecule is COCCCN1CC[CH]CC1. The second kappa shape index (κ2) is 5.56. The Labute approximate surface area is 69.5 Å². The Kier molecular flexibility index (Phi) is 4.55. The quantitative estimate of drug-likeness (QED) is 0.569. The van der Waals surface area contributed by atoms with E-state index in [0.29, 0.717) is 0 Å². The van der Waals surface area contributed by atoms with Crippen molar-refractivity contribution in [3.8, 4) is 0 Å². The molecule has 0 atom stereocenters. The Morgan fingerprint density at radius 1 is 1.36 bits per heavy atom. The van der Waals surface area contributed by atoms with Crippen LogP contribution < -0.4 is 0 Å². The van der Waals surface area contributed by atoms with Gasteiger partial charge in [0.05, 0.1) is 0 Å². The fraction of sp³-hybridized carbons (Fsp3) is 0.889. The van der Waals surface area contributed by atoms with Crippen molar-refractivity contribution in [1.82, 2.24) is 4.90 Å². The van der Waals surface area contributed by atoms with Crippen LogP contribution in [0.15, 0.2) is 0 Å². The fourth-order valence-electron chi connectivity index (χ4n) is 1.46. The Morgan fingerprint density at radius 2 is 2.09 bits per heavy atom. The highest BCUT2D eigenvalue weighted by atomic mass is 16.5. The molecule has 11 heavy (non-hydrogen) atoms. The van der Waals surface area contributed by atoms with Crippen molar-refractivity contribution in [3.05, 3.63) is 6.42 Å². The lowest BCUT2D eigenvalue weighted by Gasteiger charge is -2.25. The van der Waals surface area contributed by atoms with Crippen molar-refractivity contribution in [1.29, 1.82) is 0 Å². The normalized spacial score (nSPS) is 20.5. The van der Waals surface area contributed by atoms with Crippen LogP contribution in [-0.4, -0.2) is 38.3 Å². The molecule has 1 aliphatic rings. The van der Waals surface area contributed by atoms with Gasteiger partial charge in [0, 0.05) is 20.3 Å². The molecule has 2 heteroatoms. The number of hydrogen-bond acceptors (Lipinski definition) is 2. The molecule has 0 N–H and O–H groups in total. The van der Waals surface area contributed by atoms with Gasteiger partial charge in [0.1, 0.15) is 0 Å². The van der Waals surface area contributed by atoms with Crippen LogP contribution in [0.4, 0.5) is 0 Å². The highest BCUT2D eigenvalue weighted by Gasteiger charge is 2.08. The van der Waals surface area contributed by atoms with Gasteiger partial charge in [-0.1, -0.05) is 0 Å². The number of nitrogens with zero attached hydrogens (tertiary/aromatic N) is 1. The number of ether oxygens (including phenoxy) is 1.